The van der Waals surface area contributed by atoms with Crippen molar-refractivity contribution < 1.29 is 13.2 Å². The topological polar surface area (TPSA) is 0 Å². The third kappa shape index (κ3) is 239. The SMILES string of the molecule is Br.F[C-](F)F.[CH2-]C.[Mg+2]. The Hall–Kier alpha value is 1.04. The molecule has 0 radical (unpaired) electrons. The van der Waals surface area contributed by atoms with Gasteiger partial charge >= 0.3 is 23.1 Å². The zero-order valence-electron chi connectivity index (χ0n) is 4.46. The van der Waals surface area contributed by atoms with Gasteiger partial charge in [0.15, 0.2) is 6.68 Å². The van der Waals surface area contributed by atoms with Crippen LogP contribution in [-0.4, -0.2) is 23.1 Å². The van der Waals surface area contributed by atoms with Crippen molar-refractivity contribution in [3.05, 3.63) is 13.6 Å². The van der Waals surface area contributed by atoms with E-state index in [0.717, 1.165) is 0 Å². The first-order valence-corrected chi connectivity index (χ1v) is 1.27. The van der Waals surface area contributed by atoms with Gasteiger partial charge in [0.05, 0.1) is 0 Å². The molecule has 48 valence electrons. The monoisotopic (exact) mass is 202 g/mol. The molecule has 0 heterocycles. The molecule has 0 spiro atoms. The molecule has 0 unspecified atom stereocenters. The normalized spacial score (nSPS) is 5.25. The van der Waals surface area contributed by atoms with Crippen LogP contribution in [0.3, 0.4) is 0 Å². The molecule has 0 rings (SSSR count). The van der Waals surface area contributed by atoms with Crippen molar-refractivity contribution in [1.82, 2.24) is 0 Å². The van der Waals surface area contributed by atoms with Crippen LogP contribution in [0.5, 0.6) is 0 Å². The van der Waals surface area contributed by atoms with Crippen LogP contribution in [0, 0.1) is 13.6 Å². The Morgan fingerprint density at radius 3 is 1.12 bits per heavy atom. The molecule has 0 aliphatic rings. The summed E-state index contributed by atoms with van der Waals surface area (Å²) in [5.41, 5.74) is 0. The summed E-state index contributed by atoms with van der Waals surface area (Å²) in [6, 6.07) is 0. The number of hydrogen-bond acceptors (Lipinski definition) is 0. The predicted molar refractivity (Wildman–Crippen MR) is 33.7 cm³/mol. The average molecular weight is 203 g/mol. The summed E-state index contributed by atoms with van der Waals surface area (Å²) in [5, 5.41) is 0. The van der Waals surface area contributed by atoms with Gasteiger partial charge in [-0.05, 0) is 0 Å². The van der Waals surface area contributed by atoms with E-state index in [0.29, 0.717) is 0 Å². The molecule has 0 saturated heterocycles. The average Bonchev–Trinajstić information content (AvgIpc) is 1.41. The summed E-state index contributed by atoms with van der Waals surface area (Å²) < 4.78 is 28.8. The molecule has 0 atom stereocenters. The molecule has 0 aliphatic carbocycles. The molecule has 8 heavy (non-hydrogen) atoms. The Labute approximate surface area is 73.8 Å². The molecule has 0 fully saturated rings. The molecule has 0 aliphatic heterocycles. The molecule has 5 heteroatoms. The van der Waals surface area contributed by atoms with Crippen LogP contribution in [0.15, 0.2) is 0 Å². The van der Waals surface area contributed by atoms with E-state index in [-0.39, 0.29) is 40.0 Å². The minimum Gasteiger partial charge on any atom is -0.385 e. The van der Waals surface area contributed by atoms with E-state index < -0.39 is 6.68 Å². The smallest absolute Gasteiger partial charge is 0.385 e. The van der Waals surface area contributed by atoms with E-state index in [1.54, 1.807) is 6.92 Å². The van der Waals surface area contributed by atoms with E-state index >= 15 is 0 Å². The van der Waals surface area contributed by atoms with Gasteiger partial charge in [0.1, 0.15) is 0 Å². The van der Waals surface area contributed by atoms with Crippen molar-refractivity contribution in [3.8, 4) is 0 Å². The first kappa shape index (κ1) is 23.0. The standard InChI is InChI=1S/C2H5.CF3.BrH.Mg/c1-2;2-1(3)4;;/h1H2,2H3;;1H;/q2*-1;;+2. The fourth-order valence-electron chi connectivity index (χ4n) is 0. The van der Waals surface area contributed by atoms with Crippen LogP contribution in [0.25, 0.3) is 0 Å². The zero-order valence-corrected chi connectivity index (χ0v) is 7.58. The van der Waals surface area contributed by atoms with Gasteiger partial charge in [-0.2, -0.15) is 6.92 Å². The summed E-state index contributed by atoms with van der Waals surface area (Å²) in [4.78, 5) is 0. The van der Waals surface area contributed by atoms with Gasteiger partial charge in [0.25, 0.3) is 0 Å². The summed E-state index contributed by atoms with van der Waals surface area (Å²) >= 11 is 0. The van der Waals surface area contributed by atoms with E-state index in [1.165, 1.54) is 0 Å². The van der Waals surface area contributed by atoms with Crippen molar-refractivity contribution in [2.45, 2.75) is 6.92 Å². The Morgan fingerprint density at radius 1 is 1.12 bits per heavy atom. The van der Waals surface area contributed by atoms with Crippen LogP contribution < -0.4 is 0 Å². The molecular weight excluding hydrogens is 197 g/mol. The molecule has 0 N–H and O–H groups in total. The maximum Gasteiger partial charge on any atom is 2.00 e. The predicted octanol–water partition coefficient (Wildman–Crippen LogP) is 2.38. The Balaban J connectivity index is -0.0000000183. The van der Waals surface area contributed by atoms with Crippen molar-refractivity contribution in [3.63, 3.8) is 0 Å². The first-order chi connectivity index (χ1) is 2.73. The molecule has 0 aromatic heterocycles. The van der Waals surface area contributed by atoms with E-state index in [1.807, 2.05) is 0 Å². The summed E-state index contributed by atoms with van der Waals surface area (Å²) in [5.74, 6) is 0. The summed E-state index contributed by atoms with van der Waals surface area (Å²) in [6.07, 6.45) is 0. The summed E-state index contributed by atoms with van der Waals surface area (Å²) in [6.45, 7) is 1.92. The maximum atomic E-state index is 9.58. The van der Waals surface area contributed by atoms with Crippen LogP contribution in [0.2, 0.25) is 0 Å². The van der Waals surface area contributed by atoms with Crippen LogP contribution in [0.1, 0.15) is 6.92 Å². The number of hydrogen-bond donors (Lipinski definition) is 0. The minimum absolute atomic E-state index is 0. The summed E-state index contributed by atoms with van der Waals surface area (Å²) in [7, 11) is 0. The molecule has 0 aromatic carbocycles. The number of rotatable bonds is 0. The quantitative estimate of drug-likeness (QED) is 0.419. The first-order valence-electron chi connectivity index (χ1n) is 1.27. The molecule has 0 bridgehead atoms. The van der Waals surface area contributed by atoms with Crippen LogP contribution >= 0.6 is 17.0 Å². The van der Waals surface area contributed by atoms with Crippen molar-refractivity contribution in [2.24, 2.45) is 0 Å². The van der Waals surface area contributed by atoms with Crippen molar-refractivity contribution in [1.29, 1.82) is 0 Å². The molecule has 0 amide bonds. The van der Waals surface area contributed by atoms with Crippen molar-refractivity contribution >= 4 is 40.0 Å². The van der Waals surface area contributed by atoms with E-state index in [9.17, 15) is 13.2 Å². The largest absolute Gasteiger partial charge is 2.00 e. The third-order valence-corrected chi connectivity index (χ3v) is 0. The van der Waals surface area contributed by atoms with E-state index in [2.05, 4.69) is 6.92 Å². The molecule has 0 aromatic rings. The van der Waals surface area contributed by atoms with Crippen molar-refractivity contribution in [2.75, 3.05) is 0 Å². The van der Waals surface area contributed by atoms with Crippen LogP contribution in [0.4, 0.5) is 13.2 Å². The Bertz CT molecular complexity index is 19.2. The second-order valence-corrected chi connectivity index (χ2v) is 0.214. The van der Waals surface area contributed by atoms with Gasteiger partial charge in [0, 0.05) is 0 Å². The molecule has 0 nitrogen and oxygen atoms in total. The fourth-order valence-corrected chi connectivity index (χ4v) is 0. The molecule has 0 saturated carbocycles. The van der Waals surface area contributed by atoms with Gasteiger partial charge in [-0.25, -0.2) is 0 Å². The van der Waals surface area contributed by atoms with Gasteiger partial charge < -0.3 is 20.1 Å². The molecular formula is C3H6BrF3Mg. The van der Waals surface area contributed by atoms with Gasteiger partial charge in [-0.15, -0.1) is 17.0 Å². The Morgan fingerprint density at radius 2 is 1.12 bits per heavy atom. The van der Waals surface area contributed by atoms with E-state index in [4.69, 9.17) is 0 Å². The van der Waals surface area contributed by atoms with Gasteiger partial charge in [-0.3, -0.25) is 0 Å². The minimum atomic E-state index is -3.08. The zero-order chi connectivity index (χ0) is 5.58. The second kappa shape index (κ2) is 24.4. The van der Waals surface area contributed by atoms with Gasteiger partial charge in [0.2, 0.25) is 0 Å². The third-order valence-electron chi connectivity index (χ3n) is 0. The maximum absolute atomic E-state index is 9.58. The van der Waals surface area contributed by atoms with Gasteiger partial charge in [-0.1, -0.05) is 0 Å². The Kier molecular flexibility index (Phi) is 70.2. The fraction of sp³-hybridized carbons (Fsp3) is 0.333. The second-order valence-electron chi connectivity index (χ2n) is 0.214. The van der Waals surface area contributed by atoms with Crippen LogP contribution in [-0.2, 0) is 0 Å². The number of halogens is 4.